The number of phenolic OH excluding ortho intramolecular Hbond substituents is 2. The number of rotatable bonds is 0. The second-order valence-corrected chi connectivity index (χ2v) is 3.12. The van der Waals surface area contributed by atoms with E-state index in [0.29, 0.717) is 5.52 Å². The molecule has 0 bridgehead atoms. The van der Waals surface area contributed by atoms with Crippen molar-refractivity contribution in [3.8, 4) is 11.5 Å². The van der Waals surface area contributed by atoms with Gasteiger partial charge < -0.3 is 14.8 Å². The van der Waals surface area contributed by atoms with Crippen molar-refractivity contribution >= 4 is 10.9 Å². The van der Waals surface area contributed by atoms with Gasteiger partial charge in [0.25, 0.3) is 0 Å². The number of aromatic nitrogens is 1. The predicted octanol–water partition coefficient (Wildman–Crippen LogP) is 0.950. The number of fused-ring (bicyclic) bond motifs is 1. The maximum Gasteiger partial charge on any atom is 0.193 e. The summed E-state index contributed by atoms with van der Waals surface area (Å²) in [4.78, 5) is 11.4. The summed E-state index contributed by atoms with van der Waals surface area (Å²) < 4.78 is 1.59. The third-order valence-corrected chi connectivity index (χ3v) is 2.18. The molecular formula is C10H9NO3. The maximum absolute atomic E-state index is 11.4. The molecule has 0 amide bonds. The molecule has 0 fully saturated rings. The number of phenols is 2. The number of hydrogen-bond donors (Lipinski definition) is 2. The lowest BCUT2D eigenvalue weighted by molar-refractivity contribution is 0.467. The summed E-state index contributed by atoms with van der Waals surface area (Å²) in [6.07, 6.45) is 1.55. The molecule has 0 saturated carbocycles. The number of aryl methyl sites for hydroxylation is 1. The van der Waals surface area contributed by atoms with Crippen LogP contribution >= 0.6 is 0 Å². The molecule has 72 valence electrons. The van der Waals surface area contributed by atoms with Gasteiger partial charge in [-0.15, -0.1) is 0 Å². The van der Waals surface area contributed by atoms with E-state index in [4.69, 9.17) is 0 Å². The third kappa shape index (κ3) is 1.04. The van der Waals surface area contributed by atoms with Crippen LogP contribution in [0.3, 0.4) is 0 Å². The van der Waals surface area contributed by atoms with E-state index < -0.39 is 0 Å². The standard InChI is InChI=1S/C10H9NO3/c1-11-5-4-7(13)9-6(12)2-3-8(14)10(9)11/h2-5,12,14H,1H3. The van der Waals surface area contributed by atoms with Gasteiger partial charge in [-0.1, -0.05) is 0 Å². The Kier molecular flexibility index (Phi) is 1.70. The van der Waals surface area contributed by atoms with Crippen molar-refractivity contribution in [1.82, 2.24) is 4.57 Å². The number of benzene rings is 1. The summed E-state index contributed by atoms with van der Waals surface area (Å²) in [5, 5.41) is 19.2. The van der Waals surface area contributed by atoms with Crippen molar-refractivity contribution in [1.29, 1.82) is 0 Å². The van der Waals surface area contributed by atoms with Crippen LogP contribution in [0.15, 0.2) is 29.2 Å². The second-order valence-electron chi connectivity index (χ2n) is 3.12. The molecule has 0 saturated heterocycles. The zero-order valence-corrected chi connectivity index (χ0v) is 7.56. The van der Waals surface area contributed by atoms with Gasteiger partial charge in [-0.25, -0.2) is 0 Å². The third-order valence-electron chi connectivity index (χ3n) is 2.18. The Labute approximate surface area is 79.7 Å². The van der Waals surface area contributed by atoms with E-state index in [1.807, 2.05) is 0 Å². The van der Waals surface area contributed by atoms with Crippen LogP contribution in [-0.4, -0.2) is 14.8 Å². The SMILES string of the molecule is Cn1ccc(=O)c2c(O)ccc(O)c21. The molecule has 4 heteroatoms. The predicted molar refractivity (Wildman–Crippen MR) is 52.5 cm³/mol. The summed E-state index contributed by atoms with van der Waals surface area (Å²) >= 11 is 0. The van der Waals surface area contributed by atoms with Crippen LogP contribution in [0, 0.1) is 0 Å². The van der Waals surface area contributed by atoms with Gasteiger partial charge in [0.2, 0.25) is 0 Å². The Morgan fingerprint density at radius 1 is 1.14 bits per heavy atom. The molecule has 4 nitrogen and oxygen atoms in total. The first-order chi connectivity index (χ1) is 6.61. The van der Waals surface area contributed by atoms with Crippen molar-refractivity contribution in [2.75, 3.05) is 0 Å². The molecule has 1 aromatic heterocycles. The molecule has 2 aromatic rings. The molecule has 0 radical (unpaired) electrons. The second kappa shape index (κ2) is 2.77. The van der Waals surface area contributed by atoms with E-state index in [0.717, 1.165) is 0 Å². The lowest BCUT2D eigenvalue weighted by Crippen LogP contribution is -2.05. The monoisotopic (exact) mass is 191 g/mol. The fourth-order valence-corrected chi connectivity index (χ4v) is 1.51. The van der Waals surface area contributed by atoms with Gasteiger partial charge in [0, 0.05) is 19.3 Å². The molecule has 1 heterocycles. The number of hydrogen-bond acceptors (Lipinski definition) is 3. The molecule has 14 heavy (non-hydrogen) atoms. The normalized spacial score (nSPS) is 10.6. The van der Waals surface area contributed by atoms with E-state index in [2.05, 4.69) is 0 Å². The van der Waals surface area contributed by atoms with Crippen LogP contribution in [0.25, 0.3) is 10.9 Å². The van der Waals surface area contributed by atoms with Gasteiger partial charge in [-0.3, -0.25) is 4.79 Å². The fourth-order valence-electron chi connectivity index (χ4n) is 1.51. The lowest BCUT2D eigenvalue weighted by Gasteiger charge is -2.07. The molecule has 2 rings (SSSR count). The van der Waals surface area contributed by atoms with Crippen molar-refractivity contribution < 1.29 is 10.2 Å². The van der Waals surface area contributed by atoms with Crippen molar-refractivity contribution in [2.45, 2.75) is 0 Å². The summed E-state index contributed by atoms with van der Waals surface area (Å²) in [6, 6.07) is 4.01. The molecule has 0 aliphatic rings. The smallest absolute Gasteiger partial charge is 0.193 e. The minimum Gasteiger partial charge on any atom is -0.507 e. The molecule has 0 atom stereocenters. The first kappa shape index (κ1) is 8.62. The molecule has 2 N–H and O–H groups in total. The Hall–Kier alpha value is -1.97. The average Bonchev–Trinajstić information content (AvgIpc) is 2.16. The maximum atomic E-state index is 11.4. The topological polar surface area (TPSA) is 62.5 Å². The quantitative estimate of drug-likeness (QED) is 0.609. The van der Waals surface area contributed by atoms with Gasteiger partial charge in [-0.05, 0) is 12.1 Å². The minimum atomic E-state index is -0.300. The van der Waals surface area contributed by atoms with E-state index >= 15 is 0 Å². The zero-order chi connectivity index (χ0) is 10.3. The molecule has 0 aliphatic heterocycles. The van der Waals surface area contributed by atoms with E-state index in [1.54, 1.807) is 17.8 Å². The van der Waals surface area contributed by atoms with Gasteiger partial charge in [0.15, 0.2) is 5.43 Å². The first-order valence-corrected chi connectivity index (χ1v) is 4.11. The Balaban J connectivity index is 3.14. The molecule has 0 spiro atoms. The minimum absolute atomic E-state index is 0.0157. The highest BCUT2D eigenvalue weighted by atomic mass is 16.3. The summed E-state index contributed by atoms with van der Waals surface area (Å²) in [7, 11) is 1.70. The van der Waals surface area contributed by atoms with Crippen molar-refractivity contribution in [3.63, 3.8) is 0 Å². The number of nitrogens with zero attached hydrogens (tertiary/aromatic N) is 1. The molecule has 1 aromatic carbocycles. The van der Waals surface area contributed by atoms with E-state index in [1.165, 1.54) is 18.2 Å². The number of pyridine rings is 1. The highest BCUT2D eigenvalue weighted by Gasteiger charge is 2.09. The largest absolute Gasteiger partial charge is 0.507 e. The van der Waals surface area contributed by atoms with E-state index in [9.17, 15) is 15.0 Å². The average molecular weight is 191 g/mol. The molecule has 0 unspecified atom stereocenters. The summed E-state index contributed by atoms with van der Waals surface area (Å²) in [5.41, 5.74) is 0.0454. The highest BCUT2D eigenvalue weighted by Crippen LogP contribution is 2.28. The van der Waals surface area contributed by atoms with Crippen LogP contribution < -0.4 is 5.43 Å². The Bertz CT molecular complexity index is 549. The van der Waals surface area contributed by atoms with Crippen LogP contribution in [0.4, 0.5) is 0 Å². The number of aromatic hydroxyl groups is 2. The van der Waals surface area contributed by atoms with Crippen LogP contribution in [0.5, 0.6) is 11.5 Å². The van der Waals surface area contributed by atoms with Gasteiger partial charge in [0.1, 0.15) is 11.5 Å². The van der Waals surface area contributed by atoms with Gasteiger partial charge in [0.05, 0.1) is 10.9 Å². The van der Waals surface area contributed by atoms with Crippen LogP contribution in [0.1, 0.15) is 0 Å². The van der Waals surface area contributed by atoms with Crippen molar-refractivity contribution in [2.24, 2.45) is 7.05 Å². The lowest BCUT2D eigenvalue weighted by atomic mass is 10.2. The van der Waals surface area contributed by atoms with Crippen LogP contribution in [0.2, 0.25) is 0 Å². The Morgan fingerprint density at radius 3 is 2.43 bits per heavy atom. The molecule has 0 aliphatic carbocycles. The fraction of sp³-hybridized carbons (Fsp3) is 0.100. The summed E-state index contributed by atoms with van der Waals surface area (Å²) in [5.74, 6) is -0.128. The molecular weight excluding hydrogens is 182 g/mol. The van der Waals surface area contributed by atoms with Gasteiger partial charge in [-0.2, -0.15) is 0 Å². The zero-order valence-electron chi connectivity index (χ0n) is 7.56. The van der Waals surface area contributed by atoms with E-state index in [-0.39, 0.29) is 22.3 Å². The van der Waals surface area contributed by atoms with Crippen LogP contribution in [-0.2, 0) is 7.05 Å². The first-order valence-electron chi connectivity index (χ1n) is 4.11. The van der Waals surface area contributed by atoms with Gasteiger partial charge >= 0.3 is 0 Å². The Morgan fingerprint density at radius 2 is 1.79 bits per heavy atom. The highest BCUT2D eigenvalue weighted by molar-refractivity contribution is 5.89. The van der Waals surface area contributed by atoms with Crippen molar-refractivity contribution in [3.05, 3.63) is 34.6 Å². The summed E-state index contributed by atoms with van der Waals surface area (Å²) in [6.45, 7) is 0.